The maximum Gasteiger partial charge on any atom is 0.262 e. The van der Waals surface area contributed by atoms with Gasteiger partial charge in [0.15, 0.2) is 11.6 Å². The lowest BCUT2D eigenvalue weighted by Crippen LogP contribution is -2.47. The van der Waals surface area contributed by atoms with Crippen molar-refractivity contribution in [3.8, 4) is 11.6 Å². The summed E-state index contributed by atoms with van der Waals surface area (Å²) in [4.78, 5) is 28.5. The third-order valence-corrected chi connectivity index (χ3v) is 5.42. The highest BCUT2D eigenvalue weighted by atomic mass is 19.1. The Bertz CT molecular complexity index is 1050. The normalized spacial score (nSPS) is 14.8. The smallest absolute Gasteiger partial charge is 0.262 e. The number of carbonyl (C=O) groups excluding carboxylic acids is 1. The third-order valence-electron chi connectivity index (χ3n) is 5.42. The molecule has 0 bridgehead atoms. The summed E-state index contributed by atoms with van der Waals surface area (Å²) in [5, 5.41) is 0.634. The van der Waals surface area contributed by atoms with Crippen LogP contribution in [0.3, 0.4) is 0 Å². The number of H-pyrrole nitrogens is 1. The molecular formula is C21H24FN5O3. The molecule has 9 heteroatoms. The fourth-order valence-electron chi connectivity index (χ4n) is 3.80. The Balaban J connectivity index is 1.35. The van der Waals surface area contributed by atoms with E-state index in [1.807, 2.05) is 0 Å². The van der Waals surface area contributed by atoms with Gasteiger partial charge in [-0.1, -0.05) is 0 Å². The average molecular weight is 413 g/mol. The minimum atomic E-state index is -0.343. The van der Waals surface area contributed by atoms with Crippen molar-refractivity contribution in [2.24, 2.45) is 0 Å². The summed E-state index contributed by atoms with van der Waals surface area (Å²) in [6.07, 6.45) is 3.51. The highest BCUT2D eigenvalue weighted by molar-refractivity contribution is 6.07. The monoisotopic (exact) mass is 413 g/mol. The standard InChI is InChI=1S/C21H24FN5O3/c1-29-19-20(24-13-25-21(19)30-2)27-9-7-26(8-10-27)6-5-18(28)16-12-23-17-4-3-14(22)11-15(16)17/h3-4,11-13,23H,5-10H2,1-2H3. The zero-order valence-corrected chi connectivity index (χ0v) is 17.0. The lowest BCUT2D eigenvalue weighted by atomic mass is 10.1. The Kier molecular flexibility index (Phi) is 5.80. The molecule has 0 atom stereocenters. The number of piperazine rings is 1. The molecule has 3 aromatic rings. The fourth-order valence-corrected chi connectivity index (χ4v) is 3.80. The lowest BCUT2D eigenvalue weighted by molar-refractivity contribution is 0.0964. The van der Waals surface area contributed by atoms with Gasteiger partial charge in [-0.15, -0.1) is 0 Å². The third kappa shape index (κ3) is 3.93. The van der Waals surface area contributed by atoms with Gasteiger partial charge >= 0.3 is 0 Å². The number of Topliss-reactive ketones (excluding diaryl/α,β-unsaturated/α-hetero) is 1. The quantitative estimate of drug-likeness (QED) is 0.596. The minimum absolute atomic E-state index is 0.0106. The number of anilines is 1. The number of fused-ring (bicyclic) bond motifs is 1. The van der Waals surface area contributed by atoms with Crippen LogP contribution in [0.5, 0.6) is 11.6 Å². The fraction of sp³-hybridized carbons (Fsp3) is 0.381. The van der Waals surface area contributed by atoms with Crippen molar-refractivity contribution < 1.29 is 18.7 Å². The molecule has 8 nitrogen and oxygen atoms in total. The van der Waals surface area contributed by atoms with E-state index in [-0.39, 0.29) is 11.6 Å². The number of benzene rings is 1. The Labute approximate surface area is 173 Å². The summed E-state index contributed by atoms with van der Waals surface area (Å²) in [7, 11) is 3.12. The summed E-state index contributed by atoms with van der Waals surface area (Å²) in [6.45, 7) is 3.75. The Morgan fingerprint density at radius 2 is 1.97 bits per heavy atom. The molecule has 2 aromatic heterocycles. The molecule has 4 rings (SSSR count). The summed E-state index contributed by atoms with van der Waals surface area (Å²) in [5.41, 5.74) is 1.31. The van der Waals surface area contributed by atoms with Crippen LogP contribution in [0.2, 0.25) is 0 Å². The number of nitrogens with zero attached hydrogens (tertiary/aromatic N) is 4. The molecule has 1 aromatic carbocycles. The van der Waals surface area contributed by atoms with Gasteiger partial charge in [-0.05, 0) is 18.2 Å². The van der Waals surface area contributed by atoms with Gasteiger partial charge in [0.05, 0.1) is 14.2 Å². The number of nitrogens with one attached hydrogen (secondary N) is 1. The Hall–Kier alpha value is -3.20. The first kappa shape index (κ1) is 20.1. The van der Waals surface area contributed by atoms with Gasteiger partial charge in [0.1, 0.15) is 12.1 Å². The molecule has 0 radical (unpaired) electrons. The van der Waals surface area contributed by atoms with E-state index < -0.39 is 0 Å². The van der Waals surface area contributed by atoms with Crippen molar-refractivity contribution in [1.29, 1.82) is 0 Å². The highest BCUT2D eigenvalue weighted by Crippen LogP contribution is 2.33. The second-order valence-corrected chi connectivity index (χ2v) is 7.13. The van der Waals surface area contributed by atoms with Crippen molar-refractivity contribution in [2.45, 2.75) is 6.42 Å². The second kappa shape index (κ2) is 8.66. The number of ether oxygens (including phenoxy) is 2. The first-order chi connectivity index (χ1) is 14.6. The number of aromatic amines is 1. The largest absolute Gasteiger partial charge is 0.489 e. The molecule has 0 unspecified atom stereocenters. The molecular weight excluding hydrogens is 389 g/mol. The predicted molar refractivity (Wildman–Crippen MR) is 111 cm³/mol. The molecule has 1 aliphatic heterocycles. The van der Waals surface area contributed by atoms with E-state index in [1.54, 1.807) is 26.5 Å². The van der Waals surface area contributed by atoms with Crippen molar-refractivity contribution in [1.82, 2.24) is 19.9 Å². The maximum absolute atomic E-state index is 13.5. The van der Waals surface area contributed by atoms with Gasteiger partial charge in [0, 0.05) is 61.8 Å². The Morgan fingerprint density at radius 3 is 2.70 bits per heavy atom. The van der Waals surface area contributed by atoms with Crippen LogP contribution in [0.15, 0.2) is 30.7 Å². The molecule has 158 valence electrons. The van der Waals surface area contributed by atoms with Gasteiger partial charge in [-0.3, -0.25) is 9.69 Å². The lowest BCUT2D eigenvalue weighted by Gasteiger charge is -2.35. The van der Waals surface area contributed by atoms with Crippen molar-refractivity contribution in [3.05, 3.63) is 42.1 Å². The van der Waals surface area contributed by atoms with E-state index >= 15 is 0 Å². The van der Waals surface area contributed by atoms with Crippen molar-refractivity contribution in [2.75, 3.05) is 51.8 Å². The number of aromatic nitrogens is 3. The molecule has 1 N–H and O–H groups in total. The van der Waals surface area contributed by atoms with E-state index in [0.29, 0.717) is 41.4 Å². The Morgan fingerprint density at radius 1 is 1.17 bits per heavy atom. The average Bonchev–Trinajstić information content (AvgIpc) is 3.20. The topological polar surface area (TPSA) is 83.6 Å². The first-order valence-electron chi connectivity index (χ1n) is 9.81. The number of hydrogen-bond acceptors (Lipinski definition) is 7. The number of ketones is 1. The van der Waals surface area contributed by atoms with Crippen LogP contribution in [-0.2, 0) is 0 Å². The highest BCUT2D eigenvalue weighted by Gasteiger charge is 2.24. The summed E-state index contributed by atoms with van der Waals surface area (Å²) < 4.78 is 24.2. The molecule has 30 heavy (non-hydrogen) atoms. The zero-order valence-electron chi connectivity index (χ0n) is 17.0. The molecule has 1 saturated heterocycles. The van der Waals surface area contributed by atoms with E-state index in [4.69, 9.17) is 9.47 Å². The van der Waals surface area contributed by atoms with Gasteiger partial charge in [-0.2, -0.15) is 4.98 Å². The summed E-state index contributed by atoms with van der Waals surface area (Å²) in [6, 6.07) is 4.44. The number of hydrogen-bond donors (Lipinski definition) is 1. The zero-order chi connectivity index (χ0) is 21.1. The molecule has 1 fully saturated rings. The second-order valence-electron chi connectivity index (χ2n) is 7.13. The maximum atomic E-state index is 13.5. The number of halogens is 1. The van der Waals surface area contributed by atoms with E-state index in [1.165, 1.54) is 18.5 Å². The SMILES string of the molecule is COc1ncnc(N2CCN(CCC(=O)c3c[nH]c4ccc(F)cc34)CC2)c1OC. The minimum Gasteiger partial charge on any atom is -0.489 e. The van der Waals surface area contributed by atoms with Crippen LogP contribution in [0.4, 0.5) is 10.2 Å². The van der Waals surface area contributed by atoms with E-state index in [2.05, 4.69) is 24.8 Å². The van der Waals surface area contributed by atoms with Crippen LogP contribution in [0, 0.1) is 5.82 Å². The molecule has 1 aliphatic rings. The molecule has 0 saturated carbocycles. The van der Waals surface area contributed by atoms with Crippen LogP contribution in [0.25, 0.3) is 10.9 Å². The van der Waals surface area contributed by atoms with Gasteiger partial charge in [-0.25, -0.2) is 9.37 Å². The van der Waals surface area contributed by atoms with Crippen LogP contribution < -0.4 is 14.4 Å². The molecule has 0 amide bonds. The molecule has 0 aliphatic carbocycles. The van der Waals surface area contributed by atoms with E-state index in [0.717, 1.165) is 31.7 Å². The number of carbonyl (C=O) groups is 1. The summed E-state index contributed by atoms with van der Waals surface area (Å²) in [5.74, 6) is 1.31. The first-order valence-corrected chi connectivity index (χ1v) is 9.81. The van der Waals surface area contributed by atoms with Crippen LogP contribution in [-0.4, -0.2) is 72.6 Å². The predicted octanol–water partition coefficient (Wildman–Crippen LogP) is 2.51. The van der Waals surface area contributed by atoms with Crippen LogP contribution in [0.1, 0.15) is 16.8 Å². The van der Waals surface area contributed by atoms with Crippen molar-refractivity contribution in [3.63, 3.8) is 0 Å². The number of rotatable bonds is 7. The van der Waals surface area contributed by atoms with Gasteiger partial charge in [0.25, 0.3) is 5.88 Å². The van der Waals surface area contributed by atoms with Gasteiger partial charge < -0.3 is 19.4 Å². The van der Waals surface area contributed by atoms with E-state index in [9.17, 15) is 9.18 Å². The summed E-state index contributed by atoms with van der Waals surface area (Å²) >= 11 is 0. The van der Waals surface area contributed by atoms with Crippen molar-refractivity contribution >= 4 is 22.5 Å². The van der Waals surface area contributed by atoms with Gasteiger partial charge in [0.2, 0.25) is 5.75 Å². The van der Waals surface area contributed by atoms with Crippen LogP contribution >= 0.6 is 0 Å². The molecule has 3 heterocycles. The number of methoxy groups -OCH3 is 2. The molecule has 0 spiro atoms.